The van der Waals surface area contributed by atoms with E-state index in [1.54, 1.807) is 12.2 Å². The number of carbonyl (C=O) groups excluding carboxylic acids is 1. The Morgan fingerprint density at radius 1 is 1.05 bits per heavy atom. The lowest BCUT2D eigenvalue weighted by molar-refractivity contribution is -0.141. The molecule has 0 unspecified atom stereocenters. The zero-order valence-corrected chi connectivity index (χ0v) is 12.3. The molecule has 0 aliphatic rings. The molecule has 0 aromatic rings. The molecule has 0 aliphatic heterocycles. The van der Waals surface area contributed by atoms with Gasteiger partial charge >= 0.3 is 5.97 Å². The first-order valence-electron chi connectivity index (χ1n) is 6.84. The molecule has 0 aromatic carbocycles. The van der Waals surface area contributed by atoms with Crippen molar-refractivity contribution in [3.63, 3.8) is 0 Å². The summed E-state index contributed by atoms with van der Waals surface area (Å²) >= 11 is 0. The summed E-state index contributed by atoms with van der Waals surface area (Å²) in [5.41, 5.74) is 0. The molecule has 0 fully saturated rings. The van der Waals surface area contributed by atoms with Gasteiger partial charge in [-0.1, -0.05) is 36.1 Å². The van der Waals surface area contributed by atoms with Gasteiger partial charge < -0.3 is 4.74 Å². The molecule has 0 bridgehead atoms. The highest BCUT2D eigenvalue weighted by Crippen LogP contribution is 2.01. The minimum atomic E-state index is -0.202. The number of carbonyl (C=O) groups is 1. The number of unbranched alkanes of at least 4 members (excludes halogenated alkanes) is 3. The van der Waals surface area contributed by atoms with Gasteiger partial charge in [-0.2, -0.15) is 0 Å². The minimum Gasteiger partial charge on any atom is -0.466 e. The van der Waals surface area contributed by atoms with Crippen molar-refractivity contribution in [3.05, 3.63) is 36.5 Å². The molecule has 2 nitrogen and oxygen atoms in total. The van der Waals surface area contributed by atoms with E-state index in [9.17, 15) is 4.79 Å². The largest absolute Gasteiger partial charge is 0.466 e. The molecule has 106 valence electrons. The second-order valence-corrected chi connectivity index (χ2v) is 4.02. The molecule has 2 heteroatoms. The third-order valence-electron chi connectivity index (χ3n) is 2.20. The Morgan fingerprint density at radius 2 is 1.80 bits per heavy atom. The van der Waals surface area contributed by atoms with Crippen LogP contribution in [-0.2, 0) is 9.53 Å². The summed E-state index contributed by atoms with van der Waals surface area (Å²) in [6.45, 7) is 3.88. The summed E-state index contributed by atoms with van der Waals surface area (Å²) in [7, 11) is 0. The van der Waals surface area contributed by atoms with Crippen LogP contribution < -0.4 is 0 Å². The molecule has 0 atom stereocenters. The van der Waals surface area contributed by atoms with E-state index in [2.05, 4.69) is 29.8 Å². The van der Waals surface area contributed by atoms with Crippen LogP contribution in [0.25, 0.3) is 0 Å². The van der Waals surface area contributed by atoms with Gasteiger partial charge in [0, 0.05) is 6.92 Å². The number of hydrogen-bond acceptors (Lipinski definition) is 2. The van der Waals surface area contributed by atoms with Crippen molar-refractivity contribution in [2.24, 2.45) is 0 Å². The van der Waals surface area contributed by atoms with Gasteiger partial charge in [0.15, 0.2) is 0 Å². The zero-order chi connectivity index (χ0) is 14.9. The minimum absolute atomic E-state index is 0.202. The first kappa shape index (κ1) is 17.8. The number of ether oxygens (including phenoxy) is 1. The van der Waals surface area contributed by atoms with Crippen molar-refractivity contribution in [3.8, 4) is 23.7 Å². The third kappa shape index (κ3) is 15.8. The molecule has 0 heterocycles. The van der Waals surface area contributed by atoms with Crippen LogP contribution in [0.3, 0.4) is 0 Å². The number of hydrogen-bond donors (Lipinski definition) is 0. The van der Waals surface area contributed by atoms with Gasteiger partial charge in [0.25, 0.3) is 0 Å². The van der Waals surface area contributed by atoms with Crippen molar-refractivity contribution in [2.75, 3.05) is 6.61 Å². The monoisotopic (exact) mass is 270 g/mol. The fraction of sp³-hybridized carbons (Fsp3) is 0.389. The Morgan fingerprint density at radius 3 is 2.50 bits per heavy atom. The number of esters is 1. The number of rotatable bonds is 7. The summed E-state index contributed by atoms with van der Waals surface area (Å²) in [6.07, 6.45) is 15.5. The lowest BCUT2D eigenvalue weighted by Crippen LogP contribution is -1.99. The second kappa shape index (κ2) is 14.9. The van der Waals surface area contributed by atoms with E-state index in [0.717, 1.165) is 25.7 Å². The highest BCUT2D eigenvalue weighted by Gasteiger charge is 1.91. The molecule has 0 saturated heterocycles. The predicted molar refractivity (Wildman–Crippen MR) is 83.7 cm³/mol. The predicted octanol–water partition coefficient (Wildman–Crippen LogP) is 3.81. The zero-order valence-electron chi connectivity index (χ0n) is 12.3. The van der Waals surface area contributed by atoms with Gasteiger partial charge in [0.1, 0.15) is 0 Å². The van der Waals surface area contributed by atoms with E-state index in [-0.39, 0.29) is 5.97 Å². The Hall–Kier alpha value is -2.19. The Balaban J connectivity index is 3.53. The van der Waals surface area contributed by atoms with E-state index < -0.39 is 0 Å². The smallest absolute Gasteiger partial charge is 0.302 e. The van der Waals surface area contributed by atoms with Gasteiger partial charge in [-0.3, -0.25) is 4.79 Å². The van der Waals surface area contributed by atoms with Gasteiger partial charge in [-0.05, 0) is 56.6 Å². The third-order valence-corrected chi connectivity index (χ3v) is 2.20. The lowest BCUT2D eigenvalue weighted by atomic mass is 10.2. The molecule has 0 aliphatic carbocycles. The average Bonchev–Trinajstić information content (AvgIpc) is 2.43. The van der Waals surface area contributed by atoms with Crippen molar-refractivity contribution in [2.45, 2.75) is 39.5 Å². The fourth-order valence-electron chi connectivity index (χ4n) is 1.27. The molecule has 0 radical (unpaired) electrons. The van der Waals surface area contributed by atoms with Crippen molar-refractivity contribution < 1.29 is 9.53 Å². The van der Waals surface area contributed by atoms with Crippen LogP contribution in [0.2, 0.25) is 0 Å². The molecule has 0 spiro atoms. The SMILES string of the molecule is CC=CC#CC#CC=CC=CCCCCCOC(C)=O. The van der Waals surface area contributed by atoms with E-state index in [4.69, 9.17) is 4.74 Å². The molecular formula is C18H22O2. The first-order valence-corrected chi connectivity index (χ1v) is 6.84. The van der Waals surface area contributed by atoms with Crippen LogP contribution in [0.4, 0.5) is 0 Å². The fourth-order valence-corrected chi connectivity index (χ4v) is 1.27. The Labute approximate surface area is 122 Å². The van der Waals surface area contributed by atoms with Crippen molar-refractivity contribution in [1.82, 2.24) is 0 Å². The maximum atomic E-state index is 10.5. The van der Waals surface area contributed by atoms with Gasteiger partial charge in [0.2, 0.25) is 0 Å². The molecule has 0 amide bonds. The first-order chi connectivity index (χ1) is 9.77. The summed E-state index contributed by atoms with van der Waals surface area (Å²) in [6, 6.07) is 0. The summed E-state index contributed by atoms with van der Waals surface area (Å²) in [5.74, 6) is 10.9. The highest BCUT2D eigenvalue weighted by atomic mass is 16.5. The summed E-state index contributed by atoms with van der Waals surface area (Å²) in [4.78, 5) is 10.5. The van der Waals surface area contributed by atoms with Crippen LogP contribution in [0.15, 0.2) is 36.5 Å². The molecular weight excluding hydrogens is 248 g/mol. The van der Waals surface area contributed by atoms with Crippen LogP contribution in [0.5, 0.6) is 0 Å². The van der Waals surface area contributed by atoms with Crippen LogP contribution in [0, 0.1) is 23.7 Å². The van der Waals surface area contributed by atoms with Crippen molar-refractivity contribution in [1.29, 1.82) is 0 Å². The topological polar surface area (TPSA) is 26.3 Å². The molecule has 0 aromatic heterocycles. The van der Waals surface area contributed by atoms with E-state index >= 15 is 0 Å². The van der Waals surface area contributed by atoms with E-state index in [1.807, 2.05) is 25.2 Å². The molecule has 0 rings (SSSR count). The normalized spacial score (nSPS) is 10.3. The highest BCUT2D eigenvalue weighted by molar-refractivity contribution is 5.65. The Kier molecular flexibility index (Phi) is 13.2. The van der Waals surface area contributed by atoms with Crippen LogP contribution in [-0.4, -0.2) is 12.6 Å². The van der Waals surface area contributed by atoms with E-state index in [0.29, 0.717) is 6.61 Å². The van der Waals surface area contributed by atoms with Gasteiger partial charge in [-0.25, -0.2) is 0 Å². The van der Waals surface area contributed by atoms with Crippen LogP contribution >= 0.6 is 0 Å². The van der Waals surface area contributed by atoms with Gasteiger partial charge in [0.05, 0.1) is 6.61 Å². The Bertz CT molecular complexity index is 459. The average molecular weight is 270 g/mol. The quantitative estimate of drug-likeness (QED) is 0.304. The maximum absolute atomic E-state index is 10.5. The summed E-state index contributed by atoms with van der Waals surface area (Å²) in [5, 5.41) is 0. The van der Waals surface area contributed by atoms with Gasteiger partial charge in [-0.15, -0.1) is 0 Å². The number of allylic oxidation sites excluding steroid dienone is 6. The van der Waals surface area contributed by atoms with Crippen LogP contribution in [0.1, 0.15) is 39.5 Å². The lowest BCUT2D eigenvalue weighted by Gasteiger charge is -1.99. The summed E-state index contributed by atoms with van der Waals surface area (Å²) < 4.78 is 4.85. The van der Waals surface area contributed by atoms with E-state index in [1.165, 1.54) is 6.92 Å². The second-order valence-electron chi connectivity index (χ2n) is 4.02. The maximum Gasteiger partial charge on any atom is 0.302 e. The molecule has 0 saturated carbocycles. The molecule has 0 N–H and O–H groups in total. The standard InChI is InChI=1S/C18H22O2/c1-3-4-5-6-7-8-9-10-11-12-13-14-15-16-17-20-18(2)19/h3-4,9-12H,13-17H2,1-2H3. The molecule has 20 heavy (non-hydrogen) atoms. The van der Waals surface area contributed by atoms with Crippen molar-refractivity contribution >= 4 is 5.97 Å².